The van der Waals surface area contributed by atoms with Crippen molar-refractivity contribution in [2.75, 3.05) is 5.32 Å². The highest BCUT2D eigenvalue weighted by Gasteiger charge is 2.16. The molecule has 3 nitrogen and oxygen atoms in total. The Kier molecular flexibility index (Phi) is 4.65. The molecule has 0 bridgehead atoms. The van der Waals surface area contributed by atoms with Crippen LogP contribution >= 0.6 is 12.2 Å². The molecule has 0 aromatic heterocycles. The van der Waals surface area contributed by atoms with E-state index in [0.29, 0.717) is 5.69 Å². The monoisotopic (exact) mass is 302 g/mol. The second-order valence-electron chi connectivity index (χ2n) is 4.68. The minimum absolute atomic E-state index is 0.0419. The predicted molar refractivity (Wildman–Crippen MR) is 85.8 cm³/mol. The summed E-state index contributed by atoms with van der Waals surface area (Å²) in [6, 6.07) is 13.6. The maximum Gasteiger partial charge on any atom is 0.231 e. The molecule has 2 aromatic rings. The molecule has 1 atom stereocenters. The van der Waals surface area contributed by atoms with E-state index in [9.17, 15) is 9.18 Å². The molecule has 5 heteroatoms. The first-order chi connectivity index (χ1) is 9.99. The normalized spacial score (nSPS) is 11.7. The van der Waals surface area contributed by atoms with Gasteiger partial charge < -0.3 is 11.1 Å². The fraction of sp³-hybridized carbons (Fsp3) is 0.125. The van der Waals surface area contributed by atoms with E-state index in [1.807, 2.05) is 37.3 Å². The topological polar surface area (TPSA) is 55.1 Å². The number of thiocarbonyl (C=S) groups is 1. The Morgan fingerprint density at radius 3 is 2.52 bits per heavy atom. The molecular weight excluding hydrogens is 287 g/mol. The molecule has 2 aromatic carbocycles. The molecular formula is C16H15FN2OS. The van der Waals surface area contributed by atoms with Crippen molar-refractivity contribution in [3.63, 3.8) is 0 Å². The quantitative estimate of drug-likeness (QED) is 0.853. The van der Waals surface area contributed by atoms with E-state index >= 15 is 0 Å². The van der Waals surface area contributed by atoms with Crippen molar-refractivity contribution in [3.05, 3.63) is 65.5 Å². The first kappa shape index (κ1) is 15.1. The Morgan fingerprint density at radius 1 is 1.24 bits per heavy atom. The smallest absolute Gasteiger partial charge is 0.231 e. The van der Waals surface area contributed by atoms with Crippen LogP contribution in [-0.4, -0.2) is 10.9 Å². The third kappa shape index (κ3) is 3.64. The van der Waals surface area contributed by atoms with Crippen LogP contribution in [0.15, 0.2) is 48.5 Å². The maximum absolute atomic E-state index is 13.5. The van der Waals surface area contributed by atoms with Crippen LogP contribution < -0.4 is 11.1 Å². The van der Waals surface area contributed by atoms with Crippen LogP contribution in [0.5, 0.6) is 0 Å². The lowest BCUT2D eigenvalue weighted by molar-refractivity contribution is -0.117. The molecule has 0 aliphatic heterocycles. The summed E-state index contributed by atoms with van der Waals surface area (Å²) in [5, 5.41) is 2.74. The zero-order chi connectivity index (χ0) is 15.4. The fourth-order valence-corrected chi connectivity index (χ4v) is 2.09. The van der Waals surface area contributed by atoms with Gasteiger partial charge >= 0.3 is 0 Å². The Labute approximate surface area is 128 Å². The number of nitrogens with two attached hydrogens (primary N) is 1. The van der Waals surface area contributed by atoms with Crippen LogP contribution in [-0.2, 0) is 4.79 Å². The SMILES string of the molecule is CC(C(=O)Nc1ccc(F)c(C(N)=S)c1)c1ccccc1. The second kappa shape index (κ2) is 6.45. The average molecular weight is 302 g/mol. The number of carbonyl (C=O) groups is 1. The van der Waals surface area contributed by atoms with Gasteiger partial charge in [0.1, 0.15) is 10.8 Å². The molecule has 0 saturated carbocycles. The minimum atomic E-state index is -0.503. The van der Waals surface area contributed by atoms with E-state index in [0.717, 1.165) is 5.56 Å². The van der Waals surface area contributed by atoms with E-state index < -0.39 is 5.82 Å². The second-order valence-corrected chi connectivity index (χ2v) is 5.12. The number of anilines is 1. The van der Waals surface area contributed by atoms with Gasteiger partial charge in [-0.25, -0.2) is 4.39 Å². The summed E-state index contributed by atoms with van der Waals surface area (Å²) in [6.07, 6.45) is 0. The first-order valence-corrected chi connectivity index (χ1v) is 6.85. The number of hydrogen-bond donors (Lipinski definition) is 2. The van der Waals surface area contributed by atoms with E-state index in [-0.39, 0.29) is 22.4 Å². The average Bonchev–Trinajstić information content (AvgIpc) is 2.49. The van der Waals surface area contributed by atoms with Crippen molar-refractivity contribution >= 4 is 28.8 Å². The number of rotatable bonds is 4. The lowest BCUT2D eigenvalue weighted by atomic mass is 10.0. The number of nitrogens with one attached hydrogen (secondary N) is 1. The van der Waals surface area contributed by atoms with Gasteiger partial charge in [0.05, 0.1) is 5.92 Å². The molecule has 2 rings (SSSR count). The Hall–Kier alpha value is -2.27. The zero-order valence-corrected chi connectivity index (χ0v) is 12.3. The predicted octanol–water partition coefficient (Wildman–Crippen LogP) is 3.20. The molecule has 0 radical (unpaired) electrons. The zero-order valence-electron chi connectivity index (χ0n) is 11.5. The molecule has 21 heavy (non-hydrogen) atoms. The fourth-order valence-electron chi connectivity index (χ4n) is 1.94. The van der Waals surface area contributed by atoms with Gasteiger partial charge in [-0.1, -0.05) is 42.5 Å². The Bertz CT molecular complexity index is 673. The molecule has 0 aliphatic carbocycles. The number of carbonyl (C=O) groups excluding carboxylic acids is 1. The summed E-state index contributed by atoms with van der Waals surface area (Å²) in [4.78, 5) is 12.2. The third-order valence-electron chi connectivity index (χ3n) is 3.19. The van der Waals surface area contributed by atoms with Crippen LogP contribution in [0.4, 0.5) is 10.1 Å². The number of benzene rings is 2. The summed E-state index contributed by atoms with van der Waals surface area (Å²) in [6.45, 7) is 1.81. The maximum atomic E-state index is 13.5. The standard InChI is InChI=1S/C16H15FN2OS/c1-10(11-5-3-2-4-6-11)16(20)19-12-7-8-14(17)13(9-12)15(18)21/h2-10H,1H3,(H2,18,21)(H,19,20). The number of amides is 1. The summed E-state index contributed by atoms with van der Waals surface area (Å²) in [7, 11) is 0. The van der Waals surface area contributed by atoms with Gasteiger partial charge in [-0.05, 0) is 30.7 Å². The lowest BCUT2D eigenvalue weighted by Gasteiger charge is -2.13. The first-order valence-electron chi connectivity index (χ1n) is 6.44. The van der Waals surface area contributed by atoms with E-state index in [4.69, 9.17) is 18.0 Å². The van der Waals surface area contributed by atoms with Crippen molar-refractivity contribution in [1.29, 1.82) is 0 Å². The van der Waals surface area contributed by atoms with Crippen LogP contribution in [0.25, 0.3) is 0 Å². The summed E-state index contributed by atoms with van der Waals surface area (Å²) < 4.78 is 13.5. The minimum Gasteiger partial charge on any atom is -0.389 e. The van der Waals surface area contributed by atoms with Gasteiger partial charge in [0.15, 0.2) is 0 Å². The molecule has 0 aliphatic rings. The van der Waals surface area contributed by atoms with Gasteiger partial charge in [0, 0.05) is 11.3 Å². The summed E-state index contributed by atoms with van der Waals surface area (Å²) in [5.74, 6) is -0.997. The molecule has 0 fully saturated rings. The van der Waals surface area contributed by atoms with Crippen molar-refractivity contribution < 1.29 is 9.18 Å². The number of halogens is 1. The van der Waals surface area contributed by atoms with Crippen molar-refractivity contribution in [1.82, 2.24) is 0 Å². The highest BCUT2D eigenvalue weighted by Crippen LogP contribution is 2.19. The molecule has 0 heterocycles. The molecule has 0 saturated heterocycles. The number of hydrogen-bond acceptors (Lipinski definition) is 2. The summed E-state index contributed by atoms with van der Waals surface area (Å²) in [5.41, 5.74) is 6.94. The van der Waals surface area contributed by atoms with Gasteiger partial charge in [0.2, 0.25) is 5.91 Å². The van der Waals surface area contributed by atoms with Crippen molar-refractivity contribution in [3.8, 4) is 0 Å². The molecule has 0 spiro atoms. The Balaban J connectivity index is 2.16. The van der Waals surface area contributed by atoms with E-state index in [1.165, 1.54) is 18.2 Å². The van der Waals surface area contributed by atoms with Crippen LogP contribution in [0.1, 0.15) is 24.0 Å². The molecule has 1 amide bonds. The lowest BCUT2D eigenvalue weighted by Crippen LogP contribution is -2.19. The van der Waals surface area contributed by atoms with Gasteiger partial charge in [0.25, 0.3) is 0 Å². The Morgan fingerprint density at radius 2 is 1.90 bits per heavy atom. The summed E-state index contributed by atoms with van der Waals surface area (Å²) >= 11 is 4.78. The molecule has 1 unspecified atom stereocenters. The van der Waals surface area contributed by atoms with Crippen LogP contribution in [0.2, 0.25) is 0 Å². The van der Waals surface area contributed by atoms with Crippen LogP contribution in [0, 0.1) is 5.82 Å². The molecule has 108 valence electrons. The molecule has 3 N–H and O–H groups in total. The van der Waals surface area contributed by atoms with Crippen LogP contribution in [0.3, 0.4) is 0 Å². The van der Waals surface area contributed by atoms with Crippen molar-refractivity contribution in [2.45, 2.75) is 12.8 Å². The van der Waals surface area contributed by atoms with Crippen molar-refractivity contribution in [2.24, 2.45) is 5.73 Å². The van der Waals surface area contributed by atoms with Gasteiger partial charge in [-0.2, -0.15) is 0 Å². The van der Waals surface area contributed by atoms with E-state index in [2.05, 4.69) is 5.32 Å². The highest BCUT2D eigenvalue weighted by atomic mass is 32.1. The van der Waals surface area contributed by atoms with Gasteiger partial charge in [-0.15, -0.1) is 0 Å². The van der Waals surface area contributed by atoms with E-state index in [1.54, 1.807) is 0 Å². The third-order valence-corrected chi connectivity index (χ3v) is 3.41. The van der Waals surface area contributed by atoms with Gasteiger partial charge in [-0.3, -0.25) is 4.79 Å². The largest absolute Gasteiger partial charge is 0.389 e. The highest BCUT2D eigenvalue weighted by molar-refractivity contribution is 7.80.